The number of benzene rings is 2. The number of hydrogen-bond acceptors (Lipinski definition) is 3. The Morgan fingerprint density at radius 1 is 1.11 bits per heavy atom. The van der Waals surface area contributed by atoms with Gasteiger partial charge in [-0.3, -0.25) is 0 Å². The van der Waals surface area contributed by atoms with Crippen LogP contribution in [0.25, 0.3) is 0 Å². The lowest BCUT2D eigenvalue weighted by Crippen LogP contribution is -1.85. The number of methoxy groups -OCH3 is 1. The summed E-state index contributed by atoms with van der Waals surface area (Å²) < 4.78 is 4.90. The highest BCUT2D eigenvalue weighted by Crippen LogP contribution is 2.26. The van der Waals surface area contributed by atoms with Crippen molar-refractivity contribution in [2.45, 2.75) is 6.42 Å². The van der Waals surface area contributed by atoms with E-state index in [4.69, 9.17) is 9.84 Å². The Bertz CT molecular complexity index is 507. The lowest BCUT2D eigenvalue weighted by atomic mass is 10.1. The minimum absolute atomic E-state index is 0.178. The predicted octanol–water partition coefficient (Wildman–Crippen LogP) is 3.52. The summed E-state index contributed by atoms with van der Waals surface area (Å²) in [5.41, 5.74) is 1.03. The molecule has 0 heterocycles. The number of hydrogen-bond donors (Lipinski definition) is 2. The van der Waals surface area contributed by atoms with Gasteiger partial charge in [-0.15, -0.1) is 6.58 Å². The Morgan fingerprint density at radius 3 is 2.21 bits per heavy atom. The van der Waals surface area contributed by atoms with E-state index in [0.717, 1.165) is 12.0 Å². The Hall–Kier alpha value is -2.42. The molecule has 100 valence electrons. The van der Waals surface area contributed by atoms with E-state index in [1.165, 1.54) is 7.11 Å². The highest BCUT2D eigenvalue weighted by Gasteiger charge is 2.00. The van der Waals surface area contributed by atoms with E-state index >= 15 is 0 Å². The SMILES string of the molecule is C=CCc1ccc(OC)c(O)c1.Oc1ccccc1. The monoisotopic (exact) mass is 258 g/mol. The number of phenols is 2. The number of ether oxygens (including phenoxy) is 1. The Morgan fingerprint density at radius 2 is 1.79 bits per heavy atom. The van der Waals surface area contributed by atoms with Gasteiger partial charge in [0, 0.05) is 0 Å². The Balaban J connectivity index is 0.000000218. The second kappa shape index (κ2) is 7.82. The average molecular weight is 258 g/mol. The van der Waals surface area contributed by atoms with Gasteiger partial charge >= 0.3 is 0 Å². The molecule has 0 aliphatic rings. The topological polar surface area (TPSA) is 49.7 Å². The van der Waals surface area contributed by atoms with Crippen molar-refractivity contribution >= 4 is 0 Å². The molecule has 2 rings (SSSR count). The van der Waals surface area contributed by atoms with Gasteiger partial charge in [0.25, 0.3) is 0 Å². The van der Waals surface area contributed by atoms with Gasteiger partial charge < -0.3 is 14.9 Å². The smallest absolute Gasteiger partial charge is 0.160 e. The van der Waals surface area contributed by atoms with E-state index in [-0.39, 0.29) is 5.75 Å². The maximum absolute atomic E-state index is 9.36. The molecule has 0 aliphatic heterocycles. The van der Waals surface area contributed by atoms with E-state index in [9.17, 15) is 5.11 Å². The average Bonchev–Trinajstić information content (AvgIpc) is 2.41. The Kier molecular flexibility index (Phi) is 6.03. The molecule has 3 nitrogen and oxygen atoms in total. The summed E-state index contributed by atoms with van der Waals surface area (Å²) in [4.78, 5) is 0. The molecule has 2 aromatic rings. The lowest BCUT2D eigenvalue weighted by Gasteiger charge is -2.03. The van der Waals surface area contributed by atoms with Gasteiger partial charge in [0.15, 0.2) is 11.5 Å². The van der Waals surface area contributed by atoms with Crippen molar-refractivity contribution in [2.75, 3.05) is 7.11 Å². The quantitative estimate of drug-likeness (QED) is 0.828. The van der Waals surface area contributed by atoms with Crippen LogP contribution in [0.1, 0.15) is 5.56 Å². The van der Waals surface area contributed by atoms with Crippen molar-refractivity contribution in [3.63, 3.8) is 0 Å². The summed E-state index contributed by atoms with van der Waals surface area (Å²) in [6.45, 7) is 3.62. The molecule has 2 N–H and O–H groups in total. The molecule has 0 amide bonds. The molecule has 0 spiro atoms. The van der Waals surface area contributed by atoms with Gasteiger partial charge in [0.1, 0.15) is 5.75 Å². The van der Waals surface area contributed by atoms with Crippen LogP contribution in [-0.4, -0.2) is 17.3 Å². The molecule has 0 aromatic heterocycles. The van der Waals surface area contributed by atoms with Gasteiger partial charge in [-0.1, -0.05) is 30.3 Å². The number of rotatable bonds is 3. The Labute approximate surface area is 113 Å². The summed E-state index contributed by atoms with van der Waals surface area (Å²) in [7, 11) is 1.53. The van der Waals surface area contributed by atoms with Gasteiger partial charge in [-0.05, 0) is 36.2 Å². The minimum atomic E-state index is 0.178. The molecule has 0 fully saturated rings. The third kappa shape index (κ3) is 5.17. The summed E-state index contributed by atoms with van der Waals surface area (Å²) in [5.74, 6) is 1.00. The molecule has 0 aliphatic carbocycles. The van der Waals surface area contributed by atoms with Crippen molar-refractivity contribution in [2.24, 2.45) is 0 Å². The van der Waals surface area contributed by atoms with Crippen LogP contribution in [0.3, 0.4) is 0 Å². The highest BCUT2D eigenvalue weighted by molar-refractivity contribution is 5.42. The summed E-state index contributed by atoms with van der Waals surface area (Å²) in [5, 5.41) is 18.0. The summed E-state index contributed by atoms with van der Waals surface area (Å²) in [6, 6.07) is 14.0. The molecule has 0 radical (unpaired) electrons. The summed E-state index contributed by atoms with van der Waals surface area (Å²) in [6.07, 6.45) is 2.55. The van der Waals surface area contributed by atoms with Crippen LogP contribution in [0.5, 0.6) is 17.2 Å². The van der Waals surface area contributed by atoms with Crippen LogP contribution in [0.2, 0.25) is 0 Å². The van der Waals surface area contributed by atoms with Crippen LogP contribution in [0.4, 0.5) is 0 Å². The first-order chi connectivity index (χ1) is 9.17. The van der Waals surface area contributed by atoms with Crippen LogP contribution in [0, 0.1) is 0 Å². The number of aromatic hydroxyl groups is 2. The fourth-order valence-corrected chi connectivity index (χ4v) is 1.46. The van der Waals surface area contributed by atoms with Gasteiger partial charge in [0.2, 0.25) is 0 Å². The molecule has 0 bridgehead atoms. The van der Waals surface area contributed by atoms with Crippen molar-refractivity contribution in [1.82, 2.24) is 0 Å². The number of para-hydroxylation sites is 1. The van der Waals surface area contributed by atoms with Crippen LogP contribution < -0.4 is 4.74 Å². The molecule has 0 saturated carbocycles. The van der Waals surface area contributed by atoms with E-state index in [1.807, 2.05) is 12.1 Å². The lowest BCUT2D eigenvalue weighted by molar-refractivity contribution is 0.373. The first-order valence-electron chi connectivity index (χ1n) is 5.88. The molecule has 2 aromatic carbocycles. The maximum Gasteiger partial charge on any atom is 0.160 e. The fourth-order valence-electron chi connectivity index (χ4n) is 1.46. The molecule has 3 heteroatoms. The minimum Gasteiger partial charge on any atom is -0.508 e. The van der Waals surface area contributed by atoms with Crippen molar-refractivity contribution in [1.29, 1.82) is 0 Å². The zero-order chi connectivity index (χ0) is 14.1. The number of allylic oxidation sites excluding steroid dienone is 1. The standard InChI is InChI=1S/C10H12O2.C6H6O/c1-3-4-8-5-6-10(12-2)9(11)7-8;7-6-4-2-1-3-5-6/h3,5-7,11H,1,4H2,2H3;1-5,7H. The van der Waals surface area contributed by atoms with Crippen LogP contribution in [-0.2, 0) is 6.42 Å². The van der Waals surface area contributed by atoms with Gasteiger partial charge in [0.05, 0.1) is 7.11 Å². The second-order valence-electron chi connectivity index (χ2n) is 3.83. The highest BCUT2D eigenvalue weighted by atomic mass is 16.5. The molecular formula is C16H18O3. The van der Waals surface area contributed by atoms with Gasteiger partial charge in [-0.25, -0.2) is 0 Å². The van der Waals surface area contributed by atoms with E-state index in [2.05, 4.69) is 6.58 Å². The van der Waals surface area contributed by atoms with Crippen LogP contribution >= 0.6 is 0 Å². The van der Waals surface area contributed by atoms with Crippen molar-refractivity contribution in [3.05, 3.63) is 66.7 Å². The second-order valence-corrected chi connectivity index (χ2v) is 3.83. The predicted molar refractivity (Wildman–Crippen MR) is 76.7 cm³/mol. The van der Waals surface area contributed by atoms with E-state index in [1.54, 1.807) is 42.5 Å². The molecule has 0 unspecified atom stereocenters. The third-order valence-corrected chi connectivity index (χ3v) is 2.38. The molecule has 19 heavy (non-hydrogen) atoms. The number of phenolic OH excluding ortho intramolecular Hbond substituents is 2. The van der Waals surface area contributed by atoms with E-state index < -0.39 is 0 Å². The third-order valence-electron chi connectivity index (χ3n) is 2.38. The normalized spacial score (nSPS) is 9.11. The molecule has 0 saturated heterocycles. The zero-order valence-electron chi connectivity index (χ0n) is 10.9. The first-order valence-corrected chi connectivity index (χ1v) is 5.88. The molecular weight excluding hydrogens is 240 g/mol. The first kappa shape index (κ1) is 14.6. The molecule has 0 atom stereocenters. The maximum atomic E-state index is 9.36. The largest absolute Gasteiger partial charge is 0.508 e. The van der Waals surface area contributed by atoms with Gasteiger partial charge in [-0.2, -0.15) is 0 Å². The zero-order valence-corrected chi connectivity index (χ0v) is 10.9. The summed E-state index contributed by atoms with van der Waals surface area (Å²) >= 11 is 0. The van der Waals surface area contributed by atoms with Crippen molar-refractivity contribution in [3.8, 4) is 17.2 Å². The fraction of sp³-hybridized carbons (Fsp3) is 0.125. The van der Waals surface area contributed by atoms with Crippen molar-refractivity contribution < 1.29 is 14.9 Å². The van der Waals surface area contributed by atoms with E-state index in [0.29, 0.717) is 11.5 Å². The van der Waals surface area contributed by atoms with Crippen LogP contribution in [0.15, 0.2) is 61.2 Å².